The first-order valence-corrected chi connectivity index (χ1v) is 10.9. The molecule has 0 amide bonds. The molecular weight excluding hydrogens is 388 g/mol. The molecule has 0 saturated carbocycles. The Bertz CT molecular complexity index is 1250. The van der Waals surface area contributed by atoms with Crippen LogP contribution in [0.5, 0.6) is 0 Å². The van der Waals surface area contributed by atoms with Crippen molar-refractivity contribution in [1.82, 2.24) is 39.3 Å². The number of aromatic nitrogens is 6. The van der Waals surface area contributed by atoms with Crippen molar-refractivity contribution in [3.05, 3.63) is 47.0 Å². The van der Waals surface area contributed by atoms with Crippen LogP contribution < -0.4 is 0 Å². The summed E-state index contributed by atoms with van der Waals surface area (Å²) in [5, 5.41) is 11.3. The first-order chi connectivity index (χ1) is 14.9. The molecule has 1 saturated heterocycles. The topological polar surface area (TPSA) is 67.9 Å². The van der Waals surface area contributed by atoms with Crippen molar-refractivity contribution < 1.29 is 0 Å². The predicted octanol–water partition coefficient (Wildman–Crippen LogP) is 2.57. The van der Waals surface area contributed by atoms with Gasteiger partial charge < -0.3 is 0 Å². The van der Waals surface area contributed by atoms with Crippen LogP contribution in [-0.4, -0.2) is 65.0 Å². The SMILES string of the molecule is Cc1nn(C)c2ncc(CN3CCN(Cc4cnc5c(c4)c(C)nn5C)C(C)C3)cc12. The Labute approximate surface area is 182 Å². The number of fused-ring (bicyclic) bond motifs is 2. The van der Waals surface area contributed by atoms with Gasteiger partial charge in [-0.2, -0.15) is 10.2 Å². The largest absolute Gasteiger partial charge is 0.296 e. The van der Waals surface area contributed by atoms with Crippen LogP contribution >= 0.6 is 0 Å². The highest BCUT2D eigenvalue weighted by Crippen LogP contribution is 2.21. The molecule has 4 aromatic heterocycles. The van der Waals surface area contributed by atoms with E-state index in [1.165, 1.54) is 11.1 Å². The van der Waals surface area contributed by atoms with Crippen LogP contribution in [0.25, 0.3) is 22.1 Å². The van der Waals surface area contributed by atoms with Crippen molar-refractivity contribution >= 4 is 22.1 Å². The van der Waals surface area contributed by atoms with Crippen LogP contribution in [0.2, 0.25) is 0 Å². The summed E-state index contributed by atoms with van der Waals surface area (Å²) in [6.45, 7) is 11.4. The average Bonchev–Trinajstić information content (AvgIpc) is 3.18. The van der Waals surface area contributed by atoms with Gasteiger partial charge in [0.05, 0.1) is 11.4 Å². The van der Waals surface area contributed by atoms with Gasteiger partial charge >= 0.3 is 0 Å². The van der Waals surface area contributed by atoms with Crippen molar-refractivity contribution in [1.29, 1.82) is 0 Å². The van der Waals surface area contributed by atoms with Gasteiger partial charge in [-0.1, -0.05) is 0 Å². The minimum Gasteiger partial charge on any atom is -0.296 e. The molecular formula is C23H30N8. The fourth-order valence-electron chi connectivity index (χ4n) is 4.82. The van der Waals surface area contributed by atoms with E-state index >= 15 is 0 Å². The third-order valence-corrected chi connectivity index (χ3v) is 6.48. The number of rotatable bonds is 4. The maximum atomic E-state index is 4.65. The molecule has 0 aliphatic carbocycles. The number of aryl methyl sites for hydroxylation is 4. The first-order valence-electron chi connectivity index (χ1n) is 10.9. The third-order valence-electron chi connectivity index (χ3n) is 6.48. The lowest BCUT2D eigenvalue weighted by atomic mass is 10.1. The standard InChI is InChI=1S/C23H30N8/c1-15-12-30(13-18-8-20-16(2)26-28(4)22(20)24-10-18)6-7-31(15)14-19-9-21-17(3)27-29(5)23(21)25-11-19/h8-11,15H,6-7,12-14H2,1-5H3. The molecule has 0 spiro atoms. The molecule has 8 heteroatoms. The van der Waals surface area contributed by atoms with Crippen LogP contribution in [0, 0.1) is 13.8 Å². The van der Waals surface area contributed by atoms with Gasteiger partial charge in [0.1, 0.15) is 0 Å². The van der Waals surface area contributed by atoms with Crippen LogP contribution in [0.3, 0.4) is 0 Å². The lowest BCUT2D eigenvalue weighted by molar-refractivity contribution is 0.0732. The molecule has 1 aliphatic heterocycles. The zero-order chi connectivity index (χ0) is 21.7. The number of hydrogen-bond donors (Lipinski definition) is 0. The van der Waals surface area contributed by atoms with Crippen molar-refractivity contribution in [2.75, 3.05) is 19.6 Å². The Morgan fingerprint density at radius 3 is 1.94 bits per heavy atom. The summed E-state index contributed by atoms with van der Waals surface area (Å²) in [6, 6.07) is 4.98. The Balaban J connectivity index is 1.25. The highest BCUT2D eigenvalue weighted by Gasteiger charge is 2.24. The summed E-state index contributed by atoms with van der Waals surface area (Å²) >= 11 is 0. The molecule has 0 aromatic carbocycles. The second kappa shape index (κ2) is 7.69. The number of nitrogens with zero attached hydrogens (tertiary/aromatic N) is 8. The quantitative estimate of drug-likeness (QED) is 0.507. The van der Waals surface area contributed by atoms with Gasteiger partial charge in [-0.15, -0.1) is 0 Å². The summed E-state index contributed by atoms with van der Waals surface area (Å²) in [5.74, 6) is 0. The molecule has 162 valence electrons. The van der Waals surface area contributed by atoms with Crippen molar-refractivity contribution in [3.63, 3.8) is 0 Å². The minimum absolute atomic E-state index is 0.483. The van der Waals surface area contributed by atoms with Crippen LogP contribution in [0.1, 0.15) is 29.4 Å². The van der Waals surface area contributed by atoms with Gasteiger partial charge in [-0.25, -0.2) is 9.97 Å². The van der Waals surface area contributed by atoms with E-state index in [9.17, 15) is 0 Å². The van der Waals surface area contributed by atoms with Crippen LogP contribution in [0.4, 0.5) is 0 Å². The van der Waals surface area contributed by atoms with E-state index < -0.39 is 0 Å². The second-order valence-electron chi connectivity index (χ2n) is 8.90. The van der Waals surface area contributed by atoms with E-state index in [0.717, 1.165) is 66.2 Å². The molecule has 1 unspecified atom stereocenters. The summed E-state index contributed by atoms with van der Waals surface area (Å²) in [7, 11) is 3.90. The molecule has 31 heavy (non-hydrogen) atoms. The van der Waals surface area contributed by atoms with E-state index in [1.807, 2.05) is 49.7 Å². The average molecular weight is 419 g/mol. The molecule has 0 radical (unpaired) electrons. The highest BCUT2D eigenvalue weighted by molar-refractivity contribution is 5.79. The van der Waals surface area contributed by atoms with Gasteiger partial charge in [-0.05, 0) is 44.0 Å². The Hall–Kier alpha value is -2.84. The van der Waals surface area contributed by atoms with E-state index in [0.29, 0.717) is 6.04 Å². The molecule has 0 bridgehead atoms. The van der Waals surface area contributed by atoms with Gasteiger partial charge in [0, 0.05) is 76.0 Å². The molecule has 5 rings (SSSR count). The number of pyridine rings is 2. The molecule has 4 aromatic rings. The van der Waals surface area contributed by atoms with Crippen LogP contribution in [0.15, 0.2) is 24.5 Å². The van der Waals surface area contributed by atoms with E-state index in [1.54, 1.807) is 0 Å². The van der Waals surface area contributed by atoms with Crippen molar-refractivity contribution in [2.24, 2.45) is 14.1 Å². The summed E-state index contributed by atoms with van der Waals surface area (Å²) in [6.07, 6.45) is 4.00. The van der Waals surface area contributed by atoms with E-state index in [2.05, 4.69) is 49.0 Å². The Morgan fingerprint density at radius 1 is 0.839 bits per heavy atom. The van der Waals surface area contributed by atoms with Crippen LogP contribution in [-0.2, 0) is 27.2 Å². The zero-order valence-electron chi connectivity index (χ0n) is 19.0. The first kappa shape index (κ1) is 20.1. The fourth-order valence-corrected chi connectivity index (χ4v) is 4.82. The molecule has 1 atom stereocenters. The lowest BCUT2D eigenvalue weighted by Crippen LogP contribution is -2.50. The number of hydrogen-bond acceptors (Lipinski definition) is 6. The van der Waals surface area contributed by atoms with E-state index in [4.69, 9.17) is 0 Å². The van der Waals surface area contributed by atoms with Crippen molar-refractivity contribution in [3.8, 4) is 0 Å². The highest BCUT2D eigenvalue weighted by atomic mass is 15.3. The second-order valence-corrected chi connectivity index (χ2v) is 8.90. The summed E-state index contributed by atoms with van der Waals surface area (Å²) < 4.78 is 3.71. The molecule has 0 N–H and O–H groups in total. The normalized spacial score (nSPS) is 18.4. The Morgan fingerprint density at radius 2 is 1.39 bits per heavy atom. The van der Waals surface area contributed by atoms with Gasteiger partial charge in [-0.3, -0.25) is 19.2 Å². The lowest BCUT2D eigenvalue weighted by Gasteiger charge is -2.40. The Kier molecular flexibility index (Phi) is 4.98. The third kappa shape index (κ3) is 3.70. The molecule has 1 aliphatic rings. The molecule has 8 nitrogen and oxygen atoms in total. The summed E-state index contributed by atoms with van der Waals surface area (Å²) in [5.41, 5.74) is 6.50. The fraction of sp³-hybridized carbons (Fsp3) is 0.478. The smallest absolute Gasteiger partial charge is 0.157 e. The number of piperazine rings is 1. The zero-order valence-corrected chi connectivity index (χ0v) is 19.0. The maximum Gasteiger partial charge on any atom is 0.157 e. The molecule has 5 heterocycles. The van der Waals surface area contributed by atoms with E-state index in [-0.39, 0.29) is 0 Å². The minimum atomic E-state index is 0.483. The van der Waals surface area contributed by atoms with Gasteiger partial charge in [0.25, 0.3) is 0 Å². The maximum absolute atomic E-state index is 4.65. The summed E-state index contributed by atoms with van der Waals surface area (Å²) in [4.78, 5) is 14.4. The predicted molar refractivity (Wildman–Crippen MR) is 122 cm³/mol. The monoisotopic (exact) mass is 418 g/mol. The van der Waals surface area contributed by atoms with Gasteiger partial charge in [0.15, 0.2) is 11.3 Å². The van der Waals surface area contributed by atoms with Gasteiger partial charge in [0.2, 0.25) is 0 Å². The molecule has 1 fully saturated rings. The van der Waals surface area contributed by atoms with Crippen molar-refractivity contribution in [2.45, 2.75) is 39.9 Å².